The first-order valence-corrected chi connectivity index (χ1v) is 11.0. The van der Waals surface area contributed by atoms with Crippen molar-refractivity contribution >= 4 is 34.4 Å². The summed E-state index contributed by atoms with van der Waals surface area (Å²) in [6, 6.07) is 11.7. The Labute approximate surface area is 182 Å². The van der Waals surface area contributed by atoms with Crippen LogP contribution in [0.15, 0.2) is 61.2 Å². The maximum Gasteiger partial charge on any atom is 0.294 e. The van der Waals surface area contributed by atoms with E-state index in [4.69, 9.17) is 0 Å². The van der Waals surface area contributed by atoms with Crippen LogP contribution in [0, 0.1) is 10.1 Å². The maximum atomic E-state index is 13.0. The van der Waals surface area contributed by atoms with E-state index in [0.29, 0.717) is 17.9 Å². The van der Waals surface area contributed by atoms with Crippen molar-refractivity contribution in [1.29, 1.82) is 0 Å². The molecule has 4 rings (SSSR count). The second-order valence-corrected chi connectivity index (χ2v) is 7.86. The van der Waals surface area contributed by atoms with Gasteiger partial charge in [-0.15, -0.1) is 0 Å². The Hall–Kier alpha value is -3.66. The summed E-state index contributed by atoms with van der Waals surface area (Å²) in [7, 11) is 0. The SMILES string of the molecule is CSCC[C@H](NC(=O)c1ccc(-n2ccnc2)c([N+](=O)[O-])c1)c1nc2ccccc2[nH]1. The van der Waals surface area contributed by atoms with Crippen LogP contribution in [0.25, 0.3) is 16.7 Å². The first-order chi connectivity index (χ1) is 15.1. The highest BCUT2D eigenvalue weighted by Gasteiger charge is 2.22. The molecule has 0 radical (unpaired) electrons. The predicted molar refractivity (Wildman–Crippen MR) is 120 cm³/mol. The Balaban J connectivity index is 1.62. The molecular formula is C21H20N6O3S. The average Bonchev–Trinajstić information content (AvgIpc) is 3.46. The minimum Gasteiger partial charge on any atom is -0.342 e. The Kier molecular flexibility index (Phi) is 5.99. The van der Waals surface area contributed by atoms with Gasteiger partial charge in [0.05, 0.1) is 28.3 Å². The molecule has 0 fully saturated rings. The molecule has 2 aromatic carbocycles. The highest BCUT2D eigenvalue weighted by Crippen LogP contribution is 2.25. The summed E-state index contributed by atoms with van der Waals surface area (Å²) in [6.07, 6.45) is 7.29. The number of nitrogens with one attached hydrogen (secondary N) is 2. The molecule has 0 aliphatic rings. The second-order valence-electron chi connectivity index (χ2n) is 6.88. The molecule has 0 unspecified atom stereocenters. The first kappa shape index (κ1) is 20.6. The Morgan fingerprint density at radius 2 is 2.16 bits per heavy atom. The van der Waals surface area contributed by atoms with Gasteiger partial charge in [-0.1, -0.05) is 12.1 Å². The van der Waals surface area contributed by atoms with Crippen LogP contribution >= 0.6 is 11.8 Å². The topological polar surface area (TPSA) is 119 Å². The van der Waals surface area contributed by atoms with Gasteiger partial charge in [-0.05, 0) is 42.7 Å². The molecule has 1 atom stereocenters. The molecule has 0 saturated heterocycles. The zero-order valence-electron chi connectivity index (χ0n) is 16.7. The van der Waals surface area contributed by atoms with Crippen LogP contribution in [0.1, 0.15) is 28.6 Å². The smallest absolute Gasteiger partial charge is 0.294 e. The molecule has 10 heteroatoms. The number of hydrogen-bond acceptors (Lipinski definition) is 6. The standard InChI is InChI=1S/C21H20N6O3S/c1-31-11-8-17(20-23-15-4-2-3-5-16(15)24-20)25-21(28)14-6-7-18(19(12-14)27(29)30)26-10-9-22-13-26/h2-7,9-10,12-13,17H,8,11H2,1H3,(H,23,24)(H,25,28)/t17-/m0/s1. The van der Waals surface area contributed by atoms with Gasteiger partial charge in [-0.3, -0.25) is 14.9 Å². The van der Waals surface area contributed by atoms with E-state index in [-0.39, 0.29) is 17.3 Å². The number of para-hydroxylation sites is 2. The van der Waals surface area contributed by atoms with E-state index in [9.17, 15) is 14.9 Å². The van der Waals surface area contributed by atoms with Crippen molar-refractivity contribution in [2.75, 3.05) is 12.0 Å². The summed E-state index contributed by atoms with van der Waals surface area (Å²) >= 11 is 1.67. The third-order valence-corrected chi connectivity index (χ3v) is 5.51. The molecule has 2 heterocycles. The molecule has 0 aliphatic heterocycles. The fourth-order valence-electron chi connectivity index (χ4n) is 3.32. The predicted octanol–water partition coefficient (Wildman–Crippen LogP) is 3.88. The van der Waals surface area contributed by atoms with Crippen molar-refractivity contribution in [3.63, 3.8) is 0 Å². The Morgan fingerprint density at radius 1 is 1.32 bits per heavy atom. The zero-order valence-corrected chi connectivity index (χ0v) is 17.5. The van der Waals surface area contributed by atoms with E-state index in [1.54, 1.807) is 30.1 Å². The molecule has 9 nitrogen and oxygen atoms in total. The first-order valence-electron chi connectivity index (χ1n) is 9.58. The number of carbonyl (C=O) groups is 1. The van der Waals surface area contributed by atoms with Gasteiger partial charge < -0.3 is 14.9 Å². The lowest BCUT2D eigenvalue weighted by molar-refractivity contribution is -0.384. The van der Waals surface area contributed by atoms with Crippen LogP contribution in [0.3, 0.4) is 0 Å². The van der Waals surface area contributed by atoms with E-state index >= 15 is 0 Å². The fourth-order valence-corrected chi connectivity index (χ4v) is 3.79. The number of fused-ring (bicyclic) bond motifs is 1. The van der Waals surface area contributed by atoms with Crippen LogP contribution in [-0.2, 0) is 0 Å². The van der Waals surface area contributed by atoms with Crippen LogP contribution in [0.4, 0.5) is 5.69 Å². The van der Waals surface area contributed by atoms with Crippen molar-refractivity contribution in [3.05, 3.63) is 82.7 Å². The summed E-state index contributed by atoms with van der Waals surface area (Å²) in [5.41, 5.74) is 2.09. The molecule has 0 aliphatic carbocycles. The molecule has 31 heavy (non-hydrogen) atoms. The second kappa shape index (κ2) is 9.00. The number of aromatic amines is 1. The van der Waals surface area contributed by atoms with E-state index in [0.717, 1.165) is 16.8 Å². The number of aromatic nitrogens is 4. The number of carbonyl (C=O) groups excluding carboxylic acids is 1. The largest absolute Gasteiger partial charge is 0.342 e. The van der Waals surface area contributed by atoms with Gasteiger partial charge >= 0.3 is 0 Å². The van der Waals surface area contributed by atoms with Gasteiger partial charge in [-0.25, -0.2) is 9.97 Å². The Bertz CT molecular complexity index is 1190. The number of nitrogens with zero attached hydrogens (tertiary/aromatic N) is 4. The van der Waals surface area contributed by atoms with Gasteiger partial charge in [-0.2, -0.15) is 11.8 Å². The van der Waals surface area contributed by atoms with Crippen molar-refractivity contribution in [2.45, 2.75) is 12.5 Å². The normalized spacial score (nSPS) is 12.0. The number of hydrogen-bond donors (Lipinski definition) is 2. The minimum absolute atomic E-state index is 0.171. The molecule has 2 aromatic heterocycles. The molecule has 0 saturated carbocycles. The average molecular weight is 436 g/mol. The number of nitro groups is 1. The number of rotatable bonds is 8. The van der Waals surface area contributed by atoms with Crippen LogP contribution in [-0.4, -0.2) is 42.4 Å². The van der Waals surface area contributed by atoms with Crippen molar-refractivity contribution < 1.29 is 9.72 Å². The minimum atomic E-state index is -0.503. The molecular weight excluding hydrogens is 416 g/mol. The molecule has 0 spiro atoms. The van der Waals surface area contributed by atoms with Gasteiger partial charge in [0, 0.05) is 24.0 Å². The van der Waals surface area contributed by atoms with Crippen molar-refractivity contribution in [1.82, 2.24) is 24.8 Å². The molecule has 1 amide bonds. The lowest BCUT2D eigenvalue weighted by Crippen LogP contribution is -2.30. The van der Waals surface area contributed by atoms with Gasteiger partial charge in [0.15, 0.2) is 0 Å². The van der Waals surface area contributed by atoms with Crippen LogP contribution < -0.4 is 5.32 Å². The lowest BCUT2D eigenvalue weighted by Gasteiger charge is -2.16. The number of nitro benzene ring substituents is 1. The number of H-pyrrole nitrogens is 1. The summed E-state index contributed by atoms with van der Waals surface area (Å²) in [5, 5.41) is 14.6. The maximum absolute atomic E-state index is 13.0. The molecule has 0 bridgehead atoms. The van der Waals surface area contributed by atoms with Crippen LogP contribution in [0.5, 0.6) is 0 Å². The van der Waals surface area contributed by atoms with Crippen molar-refractivity contribution in [3.8, 4) is 5.69 Å². The number of amides is 1. The van der Waals surface area contributed by atoms with E-state index in [1.165, 1.54) is 23.2 Å². The van der Waals surface area contributed by atoms with Gasteiger partial charge in [0.25, 0.3) is 11.6 Å². The number of imidazole rings is 2. The van der Waals surface area contributed by atoms with E-state index in [1.807, 2.05) is 30.5 Å². The third-order valence-electron chi connectivity index (χ3n) is 4.87. The van der Waals surface area contributed by atoms with Gasteiger partial charge in [0.1, 0.15) is 11.5 Å². The molecule has 4 aromatic rings. The highest BCUT2D eigenvalue weighted by molar-refractivity contribution is 7.98. The number of thioether (sulfide) groups is 1. The fraction of sp³-hybridized carbons (Fsp3) is 0.190. The summed E-state index contributed by atoms with van der Waals surface area (Å²) in [5.74, 6) is 1.09. The lowest BCUT2D eigenvalue weighted by atomic mass is 10.1. The summed E-state index contributed by atoms with van der Waals surface area (Å²) < 4.78 is 1.54. The summed E-state index contributed by atoms with van der Waals surface area (Å²) in [6.45, 7) is 0. The highest BCUT2D eigenvalue weighted by atomic mass is 32.2. The number of benzene rings is 2. The molecule has 158 valence electrons. The van der Waals surface area contributed by atoms with Crippen molar-refractivity contribution in [2.24, 2.45) is 0 Å². The van der Waals surface area contributed by atoms with Gasteiger partial charge in [0.2, 0.25) is 0 Å². The van der Waals surface area contributed by atoms with E-state index < -0.39 is 10.8 Å². The van der Waals surface area contributed by atoms with E-state index in [2.05, 4.69) is 20.3 Å². The van der Waals surface area contributed by atoms with Crippen LogP contribution in [0.2, 0.25) is 0 Å². The summed E-state index contributed by atoms with van der Waals surface area (Å²) in [4.78, 5) is 35.9. The quantitative estimate of drug-likeness (QED) is 0.320. The zero-order chi connectivity index (χ0) is 21.8. The molecule has 2 N–H and O–H groups in total. The Morgan fingerprint density at radius 3 is 2.87 bits per heavy atom. The third kappa shape index (κ3) is 4.43. The monoisotopic (exact) mass is 436 g/mol.